The summed E-state index contributed by atoms with van der Waals surface area (Å²) in [7, 11) is -3.59. The molecule has 0 bridgehead atoms. The molecule has 1 aromatic carbocycles. The van der Waals surface area contributed by atoms with Gasteiger partial charge in [0.2, 0.25) is 15.9 Å². The molecule has 1 amide bonds. The molecule has 0 aliphatic heterocycles. The molecule has 2 aromatic heterocycles. The van der Waals surface area contributed by atoms with Crippen molar-refractivity contribution in [3.05, 3.63) is 41.7 Å². The van der Waals surface area contributed by atoms with Gasteiger partial charge in [-0.25, -0.2) is 13.4 Å². The number of aryl methyl sites for hydroxylation is 2. The van der Waals surface area contributed by atoms with Gasteiger partial charge in [0, 0.05) is 30.2 Å². The van der Waals surface area contributed by atoms with E-state index in [0.29, 0.717) is 29.7 Å². The molecule has 3 aromatic rings. The molecular weight excluding hydrogens is 424 g/mol. The number of nitrogens with one attached hydrogen (secondary N) is 1. The van der Waals surface area contributed by atoms with E-state index in [9.17, 15) is 13.2 Å². The van der Waals surface area contributed by atoms with Gasteiger partial charge in [-0.1, -0.05) is 31.7 Å². The van der Waals surface area contributed by atoms with Gasteiger partial charge in [-0.2, -0.15) is 4.31 Å². The van der Waals surface area contributed by atoms with Gasteiger partial charge in [0.1, 0.15) is 0 Å². The van der Waals surface area contributed by atoms with Gasteiger partial charge >= 0.3 is 0 Å². The van der Waals surface area contributed by atoms with E-state index in [2.05, 4.69) is 20.5 Å². The predicted molar refractivity (Wildman–Crippen MR) is 116 cm³/mol. The van der Waals surface area contributed by atoms with Crippen LogP contribution >= 0.6 is 11.8 Å². The highest BCUT2D eigenvalue weighted by Crippen LogP contribution is 2.21. The average molecular weight is 449 g/mol. The summed E-state index contributed by atoms with van der Waals surface area (Å²) in [5, 5.41) is 11.5. The van der Waals surface area contributed by atoms with Gasteiger partial charge in [0.15, 0.2) is 5.16 Å². The van der Waals surface area contributed by atoms with E-state index in [0.717, 1.165) is 11.4 Å². The van der Waals surface area contributed by atoms with Crippen molar-refractivity contribution in [2.24, 2.45) is 0 Å². The lowest BCUT2D eigenvalue weighted by molar-refractivity contribution is -0.113. The topological polar surface area (TPSA) is 110 Å². The molecule has 0 aliphatic rings. The second-order valence-corrected chi connectivity index (χ2v) is 9.49. The van der Waals surface area contributed by atoms with Crippen molar-refractivity contribution < 1.29 is 13.2 Å². The molecule has 3 rings (SSSR count). The fourth-order valence-corrected chi connectivity index (χ4v) is 5.36. The van der Waals surface area contributed by atoms with Crippen LogP contribution in [0.4, 0.5) is 5.69 Å². The van der Waals surface area contributed by atoms with Crippen LogP contribution in [0.25, 0.3) is 5.78 Å². The Hall–Kier alpha value is -2.50. The van der Waals surface area contributed by atoms with Crippen LogP contribution in [0.5, 0.6) is 0 Å². The van der Waals surface area contributed by atoms with Crippen LogP contribution in [0.1, 0.15) is 25.2 Å². The smallest absolute Gasteiger partial charge is 0.256 e. The molecule has 0 atom stereocenters. The number of carbonyl (C=O) groups excluding carboxylic acids is 1. The average Bonchev–Trinajstić information content (AvgIpc) is 3.10. The summed E-state index contributed by atoms with van der Waals surface area (Å²) >= 11 is 1.24. The molecule has 0 spiro atoms. The van der Waals surface area contributed by atoms with E-state index in [1.165, 1.54) is 28.2 Å². The second-order valence-electron chi connectivity index (χ2n) is 6.61. The van der Waals surface area contributed by atoms with Crippen molar-refractivity contribution in [2.75, 3.05) is 24.2 Å². The number of carbonyl (C=O) groups is 1. The number of anilines is 1. The molecule has 0 radical (unpaired) electrons. The Morgan fingerprint density at radius 1 is 1.17 bits per heavy atom. The Morgan fingerprint density at radius 2 is 1.90 bits per heavy atom. The SMILES string of the molecule is CCN(CC)S(=O)(=O)c1cccc(NC(=O)CSc2nnc3nc(C)cc(C)n23)c1. The lowest BCUT2D eigenvalue weighted by atomic mass is 10.3. The number of hydrogen-bond donors (Lipinski definition) is 1. The number of sulfonamides is 1. The maximum Gasteiger partial charge on any atom is 0.256 e. The quantitative estimate of drug-likeness (QED) is 0.527. The van der Waals surface area contributed by atoms with Crippen LogP contribution in [0, 0.1) is 13.8 Å². The monoisotopic (exact) mass is 448 g/mol. The van der Waals surface area contributed by atoms with E-state index in [-0.39, 0.29) is 16.6 Å². The largest absolute Gasteiger partial charge is 0.325 e. The van der Waals surface area contributed by atoms with Gasteiger partial charge in [0.25, 0.3) is 5.78 Å². The fourth-order valence-electron chi connectivity index (χ4n) is 3.07. The number of aromatic nitrogens is 4. The summed E-state index contributed by atoms with van der Waals surface area (Å²) in [5.74, 6) is 0.317. The van der Waals surface area contributed by atoms with Crippen LogP contribution in [-0.4, -0.2) is 57.1 Å². The molecule has 11 heteroatoms. The van der Waals surface area contributed by atoms with E-state index in [4.69, 9.17) is 0 Å². The Labute approximate surface area is 180 Å². The van der Waals surface area contributed by atoms with Crippen molar-refractivity contribution in [1.82, 2.24) is 23.9 Å². The molecule has 160 valence electrons. The predicted octanol–water partition coefficient (Wildman–Crippen LogP) is 2.50. The van der Waals surface area contributed by atoms with Crippen LogP contribution in [-0.2, 0) is 14.8 Å². The molecule has 2 heterocycles. The summed E-state index contributed by atoms with van der Waals surface area (Å²) < 4.78 is 28.5. The summed E-state index contributed by atoms with van der Waals surface area (Å²) in [5.41, 5.74) is 2.20. The molecule has 0 saturated heterocycles. The Balaban J connectivity index is 1.70. The minimum Gasteiger partial charge on any atom is -0.325 e. The molecule has 0 fully saturated rings. The molecule has 9 nitrogen and oxygen atoms in total. The highest BCUT2D eigenvalue weighted by atomic mass is 32.2. The second kappa shape index (κ2) is 9.11. The molecule has 0 unspecified atom stereocenters. The van der Waals surface area contributed by atoms with E-state index < -0.39 is 10.0 Å². The first-order valence-corrected chi connectivity index (χ1v) is 11.9. The summed E-state index contributed by atoms with van der Waals surface area (Å²) in [6.45, 7) is 8.15. The van der Waals surface area contributed by atoms with E-state index in [1.54, 1.807) is 30.4 Å². The molecule has 0 saturated carbocycles. The van der Waals surface area contributed by atoms with Crippen molar-refractivity contribution in [1.29, 1.82) is 0 Å². The third-order valence-corrected chi connectivity index (χ3v) is 7.43. The number of benzene rings is 1. The third kappa shape index (κ3) is 4.63. The van der Waals surface area contributed by atoms with Crippen molar-refractivity contribution in [2.45, 2.75) is 37.7 Å². The highest BCUT2D eigenvalue weighted by Gasteiger charge is 2.22. The number of amides is 1. The summed E-state index contributed by atoms with van der Waals surface area (Å²) in [6, 6.07) is 8.19. The zero-order valence-corrected chi connectivity index (χ0v) is 18.9. The number of hydrogen-bond acceptors (Lipinski definition) is 7. The van der Waals surface area contributed by atoms with Gasteiger partial charge in [-0.3, -0.25) is 9.20 Å². The number of thioether (sulfide) groups is 1. The third-order valence-electron chi connectivity index (χ3n) is 4.46. The number of rotatable bonds is 8. The molecule has 0 aliphatic carbocycles. The van der Waals surface area contributed by atoms with Crippen molar-refractivity contribution in [3.63, 3.8) is 0 Å². The number of fused-ring (bicyclic) bond motifs is 1. The fraction of sp³-hybridized carbons (Fsp3) is 0.368. The first-order valence-electron chi connectivity index (χ1n) is 9.48. The Bertz CT molecular complexity index is 1170. The van der Waals surface area contributed by atoms with Crippen molar-refractivity contribution in [3.8, 4) is 0 Å². The standard InChI is InChI=1S/C19H24N6O3S2/c1-5-24(6-2)30(27,28)16-9-7-8-15(11-16)21-17(26)12-29-19-23-22-18-20-13(3)10-14(4)25(18)19/h7-11H,5-6,12H2,1-4H3,(H,21,26). The highest BCUT2D eigenvalue weighted by molar-refractivity contribution is 7.99. The maximum atomic E-state index is 12.7. The molecule has 30 heavy (non-hydrogen) atoms. The minimum absolute atomic E-state index is 0.0983. The van der Waals surface area contributed by atoms with Gasteiger partial charge in [-0.15, -0.1) is 10.2 Å². The molecule has 1 N–H and O–H groups in total. The van der Waals surface area contributed by atoms with Gasteiger partial charge in [0.05, 0.1) is 10.6 Å². The van der Waals surface area contributed by atoms with E-state index >= 15 is 0 Å². The Kier molecular flexibility index (Phi) is 6.74. The molecular formula is C19H24N6O3S2. The van der Waals surface area contributed by atoms with Crippen LogP contribution in [0.15, 0.2) is 40.4 Å². The summed E-state index contributed by atoms with van der Waals surface area (Å²) in [6.07, 6.45) is 0. The maximum absolute atomic E-state index is 12.7. The lowest BCUT2D eigenvalue weighted by Gasteiger charge is -2.18. The first kappa shape index (κ1) is 22.2. The van der Waals surface area contributed by atoms with Gasteiger partial charge in [-0.05, 0) is 38.1 Å². The normalized spacial score (nSPS) is 11.9. The zero-order chi connectivity index (χ0) is 21.9. The number of nitrogens with zero attached hydrogens (tertiary/aromatic N) is 5. The van der Waals surface area contributed by atoms with Crippen LogP contribution in [0.2, 0.25) is 0 Å². The lowest BCUT2D eigenvalue weighted by Crippen LogP contribution is -2.30. The van der Waals surface area contributed by atoms with Gasteiger partial charge < -0.3 is 5.32 Å². The summed E-state index contributed by atoms with van der Waals surface area (Å²) in [4.78, 5) is 16.9. The van der Waals surface area contributed by atoms with Crippen LogP contribution in [0.3, 0.4) is 0 Å². The minimum atomic E-state index is -3.59. The van der Waals surface area contributed by atoms with E-state index in [1.807, 2.05) is 19.9 Å². The first-order chi connectivity index (χ1) is 14.3. The Morgan fingerprint density at radius 3 is 2.60 bits per heavy atom. The van der Waals surface area contributed by atoms with Crippen LogP contribution < -0.4 is 5.32 Å². The zero-order valence-electron chi connectivity index (χ0n) is 17.3. The van der Waals surface area contributed by atoms with Crippen molar-refractivity contribution >= 4 is 39.2 Å².